The third-order valence-corrected chi connectivity index (χ3v) is 5.20. The fraction of sp³-hybridized carbons (Fsp3) is 0.200. The van der Waals surface area contributed by atoms with E-state index in [0.717, 1.165) is 0 Å². The van der Waals surface area contributed by atoms with Crippen molar-refractivity contribution in [2.24, 2.45) is 0 Å². The Morgan fingerprint density at radius 1 is 1.60 bits per heavy atom. The molecule has 1 aromatic rings. The van der Waals surface area contributed by atoms with E-state index in [-0.39, 0.29) is 14.5 Å². The summed E-state index contributed by atoms with van der Waals surface area (Å²) in [6, 6.07) is 3.30. The Balaban J connectivity index is 3.09. The number of rotatable bonds is 2. The van der Waals surface area contributed by atoms with Crippen LogP contribution in [-0.2, 0) is 14.3 Å². The first kappa shape index (κ1) is 8.01. The van der Waals surface area contributed by atoms with Gasteiger partial charge in [-0.3, -0.25) is 0 Å². The molecule has 1 aromatic heterocycles. The first-order valence-corrected chi connectivity index (χ1v) is 5.76. The van der Waals surface area contributed by atoms with Gasteiger partial charge in [-0.15, -0.1) is 0 Å². The minimum absolute atomic E-state index is 0.0607. The van der Waals surface area contributed by atoms with Gasteiger partial charge < -0.3 is 0 Å². The molecule has 0 amide bonds. The van der Waals surface area contributed by atoms with E-state index < -0.39 is 10.1 Å². The summed E-state index contributed by atoms with van der Waals surface area (Å²) in [5.74, 6) is 0. The summed E-state index contributed by atoms with van der Waals surface area (Å²) < 4.78 is 26.5. The van der Waals surface area contributed by atoms with Gasteiger partial charge in [0.15, 0.2) is 0 Å². The van der Waals surface area contributed by atoms with E-state index in [4.69, 9.17) is 0 Å². The summed E-state index contributed by atoms with van der Waals surface area (Å²) in [7, 11) is -2.20. The topological polar surface area (TPSA) is 43.4 Å². The van der Waals surface area contributed by atoms with Crippen molar-refractivity contribution >= 4 is 24.6 Å². The van der Waals surface area contributed by atoms with Gasteiger partial charge in [0, 0.05) is 0 Å². The van der Waals surface area contributed by atoms with Crippen LogP contribution in [0.5, 0.6) is 0 Å². The normalized spacial score (nSPS) is 11.7. The maximum absolute atomic E-state index is 10.9. The van der Waals surface area contributed by atoms with Gasteiger partial charge in [-0.2, -0.15) is 0 Å². The van der Waals surface area contributed by atoms with Crippen LogP contribution in [0.15, 0.2) is 20.8 Å². The van der Waals surface area contributed by atoms with Crippen molar-refractivity contribution in [1.82, 2.24) is 0 Å². The van der Waals surface area contributed by atoms with Crippen LogP contribution in [0.4, 0.5) is 0 Å². The Bertz CT molecular complexity index is 287. The van der Waals surface area contributed by atoms with E-state index in [1.54, 1.807) is 12.1 Å². The molecule has 0 N–H and O–H groups in total. The van der Waals surface area contributed by atoms with E-state index in [0.29, 0.717) is 3.77 Å². The zero-order valence-electron chi connectivity index (χ0n) is 5.27. The fourth-order valence-electron chi connectivity index (χ4n) is 0.488. The molecular weight excluding hydrogens is 219 g/mol. The summed E-state index contributed by atoms with van der Waals surface area (Å²) in [6.45, 7) is 0. The Morgan fingerprint density at radius 2 is 2.30 bits per heavy atom. The molecule has 0 atom stereocenters. The van der Waals surface area contributed by atoms with Crippen LogP contribution in [0.3, 0.4) is 0 Å². The van der Waals surface area contributed by atoms with E-state index in [9.17, 15) is 8.42 Å². The molecule has 56 valence electrons. The monoisotopic (exact) mass is 226 g/mol. The van der Waals surface area contributed by atoms with Gasteiger partial charge in [0.25, 0.3) is 0 Å². The van der Waals surface area contributed by atoms with Crippen LogP contribution in [0.25, 0.3) is 0 Å². The second-order valence-electron chi connectivity index (χ2n) is 1.55. The molecule has 1 heterocycles. The van der Waals surface area contributed by atoms with Crippen molar-refractivity contribution in [3.63, 3.8) is 0 Å². The first-order valence-electron chi connectivity index (χ1n) is 2.51. The maximum atomic E-state index is 10.9. The minimum atomic E-state index is -3.37. The van der Waals surface area contributed by atoms with Gasteiger partial charge in [-0.1, -0.05) is 0 Å². The van der Waals surface area contributed by atoms with Crippen LogP contribution in [0.1, 0.15) is 0 Å². The molecule has 0 unspecified atom stereocenters. The third-order valence-electron chi connectivity index (χ3n) is 0.961. The first-order chi connectivity index (χ1) is 4.67. The molecular formula is C5H6O3SSe. The SMILES string of the molecule is COS(=O)(=O)c1ccc[se]1. The summed E-state index contributed by atoms with van der Waals surface area (Å²) in [4.78, 5) is 1.83. The standard InChI is InChI=1S/C5H6O3SSe/c1-8-9(6,7)5-3-2-4-10-5/h2-4H,1H3. The van der Waals surface area contributed by atoms with Crippen molar-refractivity contribution in [1.29, 1.82) is 0 Å². The molecule has 0 aliphatic carbocycles. The Morgan fingerprint density at radius 3 is 2.70 bits per heavy atom. The van der Waals surface area contributed by atoms with E-state index in [2.05, 4.69) is 4.18 Å². The van der Waals surface area contributed by atoms with E-state index in [1.165, 1.54) is 7.11 Å². The molecule has 0 aliphatic heterocycles. The van der Waals surface area contributed by atoms with E-state index in [1.807, 2.05) is 4.94 Å². The molecule has 0 spiro atoms. The molecule has 1 rings (SSSR count). The zero-order chi connectivity index (χ0) is 7.61. The molecule has 10 heavy (non-hydrogen) atoms. The van der Waals surface area contributed by atoms with Gasteiger partial charge in [0.05, 0.1) is 0 Å². The molecule has 0 saturated carbocycles. The second kappa shape index (κ2) is 2.88. The molecule has 0 radical (unpaired) electrons. The Hall–Kier alpha value is -0.0905. The molecule has 0 bridgehead atoms. The van der Waals surface area contributed by atoms with Crippen molar-refractivity contribution in [3.05, 3.63) is 17.1 Å². The van der Waals surface area contributed by atoms with Crippen LogP contribution in [0, 0.1) is 0 Å². The zero-order valence-corrected chi connectivity index (χ0v) is 7.80. The summed E-state index contributed by atoms with van der Waals surface area (Å²) in [6.07, 6.45) is 0. The van der Waals surface area contributed by atoms with Gasteiger partial charge in [-0.05, 0) is 0 Å². The second-order valence-corrected chi connectivity index (χ2v) is 5.81. The molecule has 0 aliphatic rings. The van der Waals surface area contributed by atoms with Crippen LogP contribution >= 0.6 is 0 Å². The predicted molar refractivity (Wildman–Crippen MR) is 37.6 cm³/mol. The predicted octanol–water partition coefficient (Wildman–Crippen LogP) is 0.0787. The summed E-state index contributed by atoms with van der Waals surface area (Å²) >= 11 is -0.0607. The quantitative estimate of drug-likeness (QED) is 0.528. The van der Waals surface area contributed by atoms with Gasteiger partial charge in [-0.25, -0.2) is 0 Å². The fourth-order valence-corrected chi connectivity index (χ4v) is 3.41. The molecule has 0 saturated heterocycles. The average Bonchev–Trinajstić information content (AvgIpc) is 2.38. The van der Waals surface area contributed by atoms with Gasteiger partial charge in [0.1, 0.15) is 0 Å². The van der Waals surface area contributed by atoms with Crippen LogP contribution < -0.4 is 0 Å². The van der Waals surface area contributed by atoms with Crippen LogP contribution in [-0.4, -0.2) is 30.0 Å². The molecule has 3 nitrogen and oxygen atoms in total. The average molecular weight is 225 g/mol. The number of hydrogen-bond donors (Lipinski definition) is 0. The van der Waals surface area contributed by atoms with E-state index >= 15 is 0 Å². The Kier molecular flexibility index (Phi) is 2.31. The third kappa shape index (κ3) is 1.49. The van der Waals surface area contributed by atoms with Crippen molar-refractivity contribution in [2.45, 2.75) is 3.77 Å². The van der Waals surface area contributed by atoms with Gasteiger partial charge in [0.2, 0.25) is 0 Å². The molecule has 0 fully saturated rings. The molecule has 0 aromatic carbocycles. The molecule has 5 heteroatoms. The van der Waals surface area contributed by atoms with Crippen molar-refractivity contribution < 1.29 is 12.6 Å². The van der Waals surface area contributed by atoms with Gasteiger partial charge >= 0.3 is 65.2 Å². The summed E-state index contributed by atoms with van der Waals surface area (Å²) in [5.41, 5.74) is 0. The summed E-state index contributed by atoms with van der Waals surface area (Å²) in [5, 5.41) is 0. The van der Waals surface area contributed by atoms with Crippen molar-refractivity contribution in [2.75, 3.05) is 7.11 Å². The van der Waals surface area contributed by atoms with Crippen LogP contribution in [0.2, 0.25) is 0 Å². The Labute approximate surface area is 65.5 Å². The van der Waals surface area contributed by atoms with Crippen molar-refractivity contribution in [3.8, 4) is 0 Å². The number of hydrogen-bond acceptors (Lipinski definition) is 3.